The number of carbonyl (C=O) groups excluding carboxylic acids is 2. The standard InChI is InChI=1S/C24H28N4O6/c25-22(26)16-3-5-17(6-4-16)23(32)27-20(13-15-1-7-18(29)8-2-15)24(33)28-11-9-19(10-12-28)34-14-21(30)31/h1-8,19-20,29H,9-14H2,(H3,25,26)(H,27,32)(H,30,31)/t20-/m1/s1. The van der Waals surface area contributed by atoms with Crippen LogP contribution in [0.15, 0.2) is 48.5 Å². The highest BCUT2D eigenvalue weighted by molar-refractivity contribution is 5.99. The lowest BCUT2D eigenvalue weighted by atomic mass is 10.0. The summed E-state index contributed by atoms with van der Waals surface area (Å²) in [7, 11) is 0. The molecule has 34 heavy (non-hydrogen) atoms. The lowest BCUT2D eigenvalue weighted by Crippen LogP contribution is -2.52. The Bertz CT molecular complexity index is 1030. The number of nitrogens with one attached hydrogen (secondary N) is 2. The molecular weight excluding hydrogens is 440 g/mol. The number of phenols is 1. The lowest BCUT2D eigenvalue weighted by Gasteiger charge is -2.34. The molecule has 0 unspecified atom stereocenters. The highest BCUT2D eigenvalue weighted by atomic mass is 16.5. The van der Waals surface area contributed by atoms with Gasteiger partial charge in [0.15, 0.2) is 0 Å². The molecule has 1 fully saturated rings. The van der Waals surface area contributed by atoms with Crippen molar-refractivity contribution >= 4 is 23.6 Å². The molecule has 0 radical (unpaired) electrons. The molecule has 0 aromatic heterocycles. The summed E-state index contributed by atoms with van der Waals surface area (Å²) < 4.78 is 5.33. The maximum Gasteiger partial charge on any atom is 0.329 e. The number of ether oxygens (including phenoxy) is 1. The van der Waals surface area contributed by atoms with Gasteiger partial charge in [0.05, 0.1) is 6.10 Å². The number of benzene rings is 2. The van der Waals surface area contributed by atoms with E-state index in [0.717, 1.165) is 5.56 Å². The summed E-state index contributed by atoms with van der Waals surface area (Å²) in [6.45, 7) is 0.400. The number of carbonyl (C=O) groups is 3. The van der Waals surface area contributed by atoms with E-state index in [1.165, 1.54) is 12.1 Å². The fourth-order valence-electron chi connectivity index (χ4n) is 3.76. The van der Waals surface area contributed by atoms with Crippen LogP contribution in [0.2, 0.25) is 0 Å². The Morgan fingerprint density at radius 3 is 2.21 bits per heavy atom. The third kappa shape index (κ3) is 6.79. The van der Waals surface area contributed by atoms with Gasteiger partial charge in [-0.3, -0.25) is 15.0 Å². The number of likely N-dealkylation sites (tertiary alicyclic amines) is 1. The maximum atomic E-state index is 13.3. The molecule has 10 nitrogen and oxygen atoms in total. The predicted octanol–water partition coefficient (Wildman–Crippen LogP) is 1.11. The van der Waals surface area contributed by atoms with E-state index < -0.39 is 17.9 Å². The van der Waals surface area contributed by atoms with Crippen LogP contribution in [0.4, 0.5) is 0 Å². The van der Waals surface area contributed by atoms with Gasteiger partial charge in [0.2, 0.25) is 5.91 Å². The first-order valence-electron chi connectivity index (χ1n) is 10.9. The van der Waals surface area contributed by atoms with Crippen molar-refractivity contribution in [2.45, 2.75) is 31.4 Å². The number of hydrogen-bond acceptors (Lipinski definition) is 6. The zero-order chi connectivity index (χ0) is 24.7. The smallest absolute Gasteiger partial charge is 0.329 e. The number of phenolic OH excluding ortho intramolecular Hbond substituents is 1. The normalized spacial score (nSPS) is 14.9. The van der Waals surface area contributed by atoms with Gasteiger partial charge in [0.1, 0.15) is 24.2 Å². The number of carboxylic acids is 1. The zero-order valence-electron chi connectivity index (χ0n) is 18.6. The second-order valence-electron chi connectivity index (χ2n) is 8.12. The summed E-state index contributed by atoms with van der Waals surface area (Å²) in [5.74, 6) is -1.73. The van der Waals surface area contributed by atoms with Gasteiger partial charge < -0.3 is 30.9 Å². The molecule has 6 N–H and O–H groups in total. The number of piperidine rings is 1. The fourth-order valence-corrected chi connectivity index (χ4v) is 3.76. The van der Waals surface area contributed by atoms with Gasteiger partial charge in [0, 0.05) is 30.6 Å². The monoisotopic (exact) mass is 468 g/mol. The molecular formula is C24H28N4O6. The van der Waals surface area contributed by atoms with Crippen LogP contribution in [-0.4, -0.2) is 70.6 Å². The van der Waals surface area contributed by atoms with Crippen molar-refractivity contribution in [3.8, 4) is 5.75 Å². The van der Waals surface area contributed by atoms with Crippen LogP contribution in [0.1, 0.15) is 34.3 Å². The molecule has 2 aromatic rings. The number of aliphatic carboxylic acids is 1. The number of hydrogen-bond donors (Lipinski definition) is 5. The Morgan fingerprint density at radius 1 is 1.06 bits per heavy atom. The van der Waals surface area contributed by atoms with Crippen molar-refractivity contribution in [2.24, 2.45) is 5.73 Å². The minimum absolute atomic E-state index is 0.102. The molecule has 1 heterocycles. The van der Waals surface area contributed by atoms with Crippen molar-refractivity contribution in [3.63, 3.8) is 0 Å². The summed E-state index contributed by atoms with van der Waals surface area (Å²) in [5, 5.41) is 28.6. The van der Waals surface area contributed by atoms with Crippen LogP contribution in [0, 0.1) is 5.41 Å². The van der Waals surface area contributed by atoms with E-state index in [4.69, 9.17) is 21.0 Å². The molecule has 2 aromatic carbocycles. The SMILES string of the molecule is N=C(N)c1ccc(C(=O)N[C@H](Cc2ccc(O)cc2)C(=O)N2CCC(OCC(=O)O)CC2)cc1. The second kappa shape index (κ2) is 11.3. The molecule has 0 aliphatic carbocycles. The Hall–Kier alpha value is -3.92. The van der Waals surface area contributed by atoms with E-state index in [9.17, 15) is 19.5 Å². The van der Waals surface area contributed by atoms with Gasteiger partial charge in [-0.25, -0.2) is 4.79 Å². The number of nitrogen functional groups attached to an aromatic ring is 1. The number of amidine groups is 1. The number of aromatic hydroxyl groups is 1. The highest BCUT2D eigenvalue weighted by Crippen LogP contribution is 2.17. The summed E-state index contributed by atoms with van der Waals surface area (Å²) in [6.07, 6.45) is 1.01. The molecule has 0 bridgehead atoms. The molecule has 3 rings (SSSR count). The number of carboxylic acid groups (broad SMARTS) is 1. The lowest BCUT2D eigenvalue weighted by molar-refractivity contribution is -0.147. The van der Waals surface area contributed by atoms with Crippen molar-refractivity contribution < 1.29 is 29.3 Å². The Labute approximate surface area is 196 Å². The largest absolute Gasteiger partial charge is 0.508 e. The van der Waals surface area contributed by atoms with Crippen molar-refractivity contribution in [1.29, 1.82) is 5.41 Å². The third-order valence-electron chi connectivity index (χ3n) is 5.63. The number of rotatable bonds is 9. The fraction of sp³-hybridized carbons (Fsp3) is 0.333. The molecule has 1 aliphatic heterocycles. The molecule has 10 heteroatoms. The van der Waals surface area contributed by atoms with Crippen molar-refractivity contribution in [1.82, 2.24) is 10.2 Å². The van der Waals surface area contributed by atoms with Gasteiger partial charge in [-0.1, -0.05) is 24.3 Å². The van der Waals surface area contributed by atoms with Gasteiger partial charge in [-0.15, -0.1) is 0 Å². The van der Waals surface area contributed by atoms with Crippen LogP contribution in [0.5, 0.6) is 5.75 Å². The van der Waals surface area contributed by atoms with Crippen LogP contribution in [-0.2, 0) is 20.7 Å². The predicted molar refractivity (Wildman–Crippen MR) is 124 cm³/mol. The molecule has 2 amide bonds. The first-order chi connectivity index (χ1) is 16.2. The number of nitrogens with two attached hydrogens (primary N) is 1. The minimum atomic E-state index is -1.04. The van der Waals surface area contributed by atoms with Crippen LogP contribution in [0.3, 0.4) is 0 Å². The van der Waals surface area contributed by atoms with Gasteiger partial charge in [-0.2, -0.15) is 0 Å². The van der Waals surface area contributed by atoms with E-state index in [0.29, 0.717) is 37.1 Å². The van der Waals surface area contributed by atoms with Crippen molar-refractivity contribution in [3.05, 3.63) is 65.2 Å². The molecule has 0 saturated carbocycles. The van der Waals surface area contributed by atoms with Crippen LogP contribution >= 0.6 is 0 Å². The van der Waals surface area contributed by atoms with E-state index in [1.54, 1.807) is 41.3 Å². The molecule has 180 valence electrons. The summed E-state index contributed by atoms with van der Waals surface area (Å²) in [5.41, 5.74) is 7.04. The third-order valence-corrected chi connectivity index (χ3v) is 5.63. The Balaban J connectivity index is 1.70. The van der Waals surface area contributed by atoms with Gasteiger partial charge >= 0.3 is 5.97 Å². The maximum absolute atomic E-state index is 13.3. The highest BCUT2D eigenvalue weighted by Gasteiger charge is 2.30. The van der Waals surface area contributed by atoms with E-state index >= 15 is 0 Å². The number of nitrogens with zero attached hydrogens (tertiary/aromatic N) is 1. The van der Waals surface area contributed by atoms with Gasteiger partial charge in [-0.05, 0) is 42.7 Å². The van der Waals surface area contributed by atoms with Crippen LogP contribution < -0.4 is 11.1 Å². The minimum Gasteiger partial charge on any atom is -0.508 e. The first kappa shape index (κ1) is 24.7. The number of amides is 2. The second-order valence-corrected chi connectivity index (χ2v) is 8.12. The van der Waals surface area contributed by atoms with Gasteiger partial charge in [0.25, 0.3) is 5.91 Å². The zero-order valence-corrected chi connectivity index (χ0v) is 18.6. The Kier molecular flexibility index (Phi) is 8.20. The quantitative estimate of drug-likeness (QED) is 0.271. The molecule has 1 atom stereocenters. The van der Waals surface area contributed by atoms with E-state index in [2.05, 4.69) is 5.32 Å². The van der Waals surface area contributed by atoms with E-state index in [1.807, 2.05) is 0 Å². The van der Waals surface area contributed by atoms with Crippen molar-refractivity contribution in [2.75, 3.05) is 19.7 Å². The Morgan fingerprint density at radius 2 is 1.65 bits per heavy atom. The summed E-state index contributed by atoms with van der Waals surface area (Å²) in [6, 6.07) is 11.8. The first-order valence-corrected chi connectivity index (χ1v) is 10.9. The average Bonchev–Trinajstić information content (AvgIpc) is 2.83. The average molecular weight is 469 g/mol. The molecule has 1 saturated heterocycles. The van der Waals surface area contributed by atoms with Crippen LogP contribution in [0.25, 0.3) is 0 Å². The summed E-state index contributed by atoms with van der Waals surface area (Å²) in [4.78, 5) is 38.6. The molecule has 1 aliphatic rings. The van der Waals surface area contributed by atoms with E-state index in [-0.39, 0.29) is 36.6 Å². The molecule has 0 spiro atoms. The topological polar surface area (TPSA) is 166 Å². The summed E-state index contributed by atoms with van der Waals surface area (Å²) >= 11 is 0.